The third kappa shape index (κ3) is 4.54. The van der Waals surface area contributed by atoms with Crippen LogP contribution in [0.2, 0.25) is 0 Å². The third-order valence-corrected chi connectivity index (χ3v) is 5.04. The van der Waals surface area contributed by atoms with Crippen molar-refractivity contribution in [3.8, 4) is 0 Å². The number of hydrogen-bond acceptors (Lipinski definition) is 4. The Bertz CT molecular complexity index is 870. The fraction of sp³-hybridized carbons (Fsp3) is 0.333. The van der Waals surface area contributed by atoms with Crippen LogP contribution < -0.4 is 10.4 Å². The zero-order chi connectivity index (χ0) is 20.3. The van der Waals surface area contributed by atoms with Gasteiger partial charge in [0.1, 0.15) is 0 Å². The minimum Gasteiger partial charge on any atom is -0.545 e. The van der Waals surface area contributed by atoms with Gasteiger partial charge in [0.15, 0.2) is 11.6 Å². The largest absolute Gasteiger partial charge is 0.545 e. The van der Waals surface area contributed by atoms with Gasteiger partial charge in [0, 0.05) is 6.54 Å². The second kappa shape index (κ2) is 8.48. The molecule has 3 rings (SSSR count). The summed E-state index contributed by atoms with van der Waals surface area (Å²) in [6.45, 7) is 2.89. The Hall–Kier alpha value is -2.80. The highest BCUT2D eigenvalue weighted by molar-refractivity contribution is 5.86. The number of benzene rings is 2. The number of aromatic carboxylic acids is 1. The molecule has 2 atom stereocenters. The molecule has 28 heavy (non-hydrogen) atoms. The lowest BCUT2D eigenvalue weighted by atomic mass is 10.1. The van der Waals surface area contributed by atoms with E-state index in [0.717, 1.165) is 24.1 Å². The summed E-state index contributed by atoms with van der Waals surface area (Å²) in [5, 5.41) is 13.8. The van der Waals surface area contributed by atoms with Crippen molar-refractivity contribution in [3.05, 3.63) is 70.8 Å². The van der Waals surface area contributed by atoms with Crippen LogP contribution in [0.4, 0.5) is 8.78 Å². The highest BCUT2D eigenvalue weighted by Gasteiger charge is 2.31. The van der Waals surface area contributed by atoms with Crippen molar-refractivity contribution in [2.75, 3.05) is 6.54 Å². The van der Waals surface area contributed by atoms with Gasteiger partial charge in [-0.2, -0.15) is 0 Å². The van der Waals surface area contributed by atoms with Gasteiger partial charge in [0.05, 0.1) is 18.1 Å². The van der Waals surface area contributed by atoms with E-state index < -0.39 is 17.6 Å². The van der Waals surface area contributed by atoms with Crippen LogP contribution in [-0.2, 0) is 11.3 Å². The summed E-state index contributed by atoms with van der Waals surface area (Å²) >= 11 is 0. The molecule has 0 saturated carbocycles. The lowest BCUT2D eigenvalue weighted by Crippen LogP contribution is -2.43. The van der Waals surface area contributed by atoms with Crippen molar-refractivity contribution in [3.63, 3.8) is 0 Å². The second-order valence-corrected chi connectivity index (χ2v) is 7.02. The average Bonchev–Trinajstić information content (AvgIpc) is 3.13. The van der Waals surface area contributed by atoms with Crippen LogP contribution in [0.3, 0.4) is 0 Å². The number of hydrogen-bond donors (Lipinski definition) is 1. The lowest BCUT2D eigenvalue weighted by Gasteiger charge is -2.25. The fourth-order valence-corrected chi connectivity index (χ4v) is 3.49. The standard InChI is InChI=1S/C21H22F2N2O3/c1-13(15-5-7-16(8-6-15)21(27)28)24-20(26)19-3-2-10-25(19)12-14-4-9-17(22)18(23)11-14/h4-9,11,13,19H,2-3,10,12H2,1H3,(H,24,26)(H,27,28)/p-1/t13-,19+/m0/s1. The first-order valence-electron chi connectivity index (χ1n) is 9.15. The number of carbonyl (C=O) groups is 2. The van der Waals surface area contributed by atoms with E-state index in [9.17, 15) is 23.5 Å². The van der Waals surface area contributed by atoms with Crippen LogP contribution in [0.1, 0.15) is 47.3 Å². The first-order chi connectivity index (χ1) is 13.3. The predicted molar refractivity (Wildman–Crippen MR) is 97.1 cm³/mol. The molecule has 2 aromatic rings. The number of carbonyl (C=O) groups excluding carboxylic acids is 2. The van der Waals surface area contributed by atoms with Crippen LogP contribution in [0, 0.1) is 11.6 Å². The Kier molecular flexibility index (Phi) is 6.04. The Morgan fingerprint density at radius 3 is 2.54 bits per heavy atom. The van der Waals surface area contributed by atoms with Gasteiger partial charge in [0.25, 0.3) is 0 Å². The Morgan fingerprint density at radius 1 is 1.18 bits per heavy atom. The molecule has 0 aromatic heterocycles. The van der Waals surface area contributed by atoms with E-state index in [2.05, 4.69) is 5.32 Å². The summed E-state index contributed by atoms with van der Waals surface area (Å²) < 4.78 is 26.5. The molecule has 7 heteroatoms. The lowest BCUT2D eigenvalue weighted by molar-refractivity contribution is -0.255. The molecule has 1 saturated heterocycles. The van der Waals surface area contributed by atoms with E-state index in [1.807, 2.05) is 11.8 Å². The number of amides is 1. The van der Waals surface area contributed by atoms with Crippen molar-refractivity contribution in [2.24, 2.45) is 0 Å². The zero-order valence-electron chi connectivity index (χ0n) is 15.5. The van der Waals surface area contributed by atoms with E-state index >= 15 is 0 Å². The predicted octanol–water partition coefficient (Wildman–Crippen LogP) is 2.17. The maximum atomic E-state index is 13.4. The molecule has 2 aromatic carbocycles. The van der Waals surface area contributed by atoms with E-state index in [1.54, 1.807) is 12.1 Å². The maximum absolute atomic E-state index is 13.4. The SMILES string of the molecule is C[C@H](NC(=O)[C@H]1CCCN1Cc1ccc(F)c(F)c1)c1ccc(C(=O)[O-])cc1. The molecule has 1 heterocycles. The number of carboxylic acid groups (broad SMARTS) is 1. The number of carboxylic acids is 1. The van der Waals surface area contributed by atoms with Gasteiger partial charge in [-0.3, -0.25) is 9.69 Å². The fourth-order valence-electron chi connectivity index (χ4n) is 3.49. The third-order valence-electron chi connectivity index (χ3n) is 5.04. The summed E-state index contributed by atoms with van der Waals surface area (Å²) in [4.78, 5) is 25.5. The summed E-state index contributed by atoms with van der Waals surface area (Å²) in [6.07, 6.45) is 1.53. The highest BCUT2D eigenvalue weighted by Crippen LogP contribution is 2.22. The molecule has 0 unspecified atom stereocenters. The summed E-state index contributed by atoms with van der Waals surface area (Å²) in [6, 6.07) is 9.29. The van der Waals surface area contributed by atoms with Crippen LogP contribution in [0.25, 0.3) is 0 Å². The minimum absolute atomic E-state index is 0.0794. The number of likely N-dealkylation sites (tertiary alicyclic amines) is 1. The number of nitrogens with zero attached hydrogens (tertiary/aromatic N) is 1. The summed E-state index contributed by atoms with van der Waals surface area (Å²) in [5.41, 5.74) is 1.48. The molecule has 0 aliphatic carbocycles. The topological polar surface area (TPSA) is 72.5 Å². The maximum Gasteiger partial charge on any atom is 0.237 e. The van der Waals surface area contributed by atoms with Gasteiger partial charge >= 0.3 is 0 Å². The minimum atomic E-state index is -1.25. The van der Waals surface area contributed by atoms with E-state index in [-0.39, 0.29) is 23.6 Å². The molecule has 1 amide bonds. The molecular weight excluding hydrogens is 366 g/mol. The van der Waals surface area contributed by atoms with Crippen LogP contribution in [-0.4, -0.2) is 29.4 Å². The van der Waals surface area contributed by atoms with Crippen LogP contribution >= 0.6 is 0 Å². The second-order valence-electron chi connectivity index (χ2n) is 7.02. The molecular formula is C21H21F2N2O3-. The molecule has 148 valence electrons. The quantitative estimate of drug-likeness (QED) is 0.825. The monoisotopic (exact) mass is 387 g/mol. The molecule has 1 fully saturated rings. The Labute approximate surface area is 162 Å². The molecule has 1 aliphatic rings. The van der Waals surface area contributed by atoms with Gasteiger partial charge in [-0.05, 0) is 55.1 Å². The van der Waals surface area contributed by atoms with E-state index in [1.165, 1.54) is 18.2 Å². The zero-order valence-corrected chi connectivity index (χ0v) is 15.5. The molecule has 1 aliphatic heterocycles. The molecule has 1 N–H and O–H groups in total. The van der Waals surface area contributed by atoms with Crippen LogP contribution in [0.15, 0.2) is 42.5 Å². The van der Waals surface area contributed by atoms with Gasteiger partial charge < -0.3 is 15.2 Å². The van der Waals surface area contributed by atoms with Gasteiger partial charge in [0.2, 0.25) is 5.91 Å². The molecule has 0 spiro atoms. The number of halogens is 2. The van der Waals surface area contributed by atoms with Gasteiger partial charge in [-0.15, -0.1) is 0 Å². The van der Waals surface area contributed by atoms with Crippen molar-refractivity contribution >= 4 is 11.9 Å². The van der Waals surface area contributed by atoms with Crippen molar-refractivity contribution in [1.82, 2.24) is 10.2 Å². The first-order valence-corrected chi connectivity index (χ1v) is 9.15. The van der Waals surface area contributed by atoms with Crippen molar-refractivity contribution in [2.45, 2.75) is 38.4 Å². The normalized spacial score (nSPS) is 18.0. The number of rotatable bonds is 6. The van der Waals surface area contributed by atoms with E-state index in [4.69, 9.17) is 0 Å². The first kappa shape index (κ1) is 19.9. The summed E-state index contributed by atoms with van der Waals surface area (Å²) in [7, 11) is 0. The highest BCUT2D eigenvalue weighted by atomic mass is 19.2. The smallest absolute Gasteiger partial charge is 0.237 e. The average molecular weight is 387 g/mol. The van der Waals surface area contributed by atoms with Gasteiger partial charge in [-0.1, -0.05) is 30.3 Å². The van der Waals surface area contributed by atoms with Crippen molar-refractivity contribution < 1.29 is 23.5 Å². The van der Waals surface area contributed by atoms with E-state index in [0.29, 0.717) is 25.1 Å². The van der Waals surface area contributed by atoms with Gasteiger partial charge in [-0.25, -0.2) is 8.78 Å². The molecule has 0 bridgehead atoms. The van der Waals surface area contributed by atoms with Crippen molar-refractivity contribution in [1.29, 1.82) is 0 Å². The summed E-state index contributed by atoms with van der Waals surface area (Å²) in [5.74, 6) is -3.18. The molecule has 5 nitrogen and oxygen atoms in total. The number of nitrogens with one attached hydrogen (secondary N) is 1. The Morgan fingerprint density at radius 2 is 1.89 bits per heavy atom. The Balaban J connectivity index is 1.63. The van der Waals surface area contributed by atoms with Crippen LogP contribution in [0.5, 0.6) is 0 Å². The molecule has 0 radical (unpaired) electrons.